The normalized spacial score (nSPS) is 13.9. The van der Waals surface area contributed by atoms with Crippen molar-refractivity contribution in [2.75, 3.05) is 0 Å². The molecule has 0 bridgehead atoms. The van der Waals surface area contributed by atoms with E-state index < -0.39 is 0 Å². The van der Waals surface area contributed by atoms with Gasteiger partial charge in [-0.1, -0.05) is 269 Å². The van der Waals surface area contributed by atoms with Crippen molar-refractivity contribution in [1.82, 2.24) is 9.13 Å². The fraction of sp³-hybridized carbons (Fsp3) is 0.308. The Labute approximate surface area is 490 Å². The minimum absolute atomic E-state index is 0.0441. The molecule has 0 saturated carbocycles. The molecule has 0 aliphatic carbocycles. The van der Waals surface area contributed by atoms with E-state index in [2.05, 4.69) is 304 Å². The SMILES string of the molecule is CC(C)(C)c1cc(C(C)(C)C)c(B2c3cc4c(cc3-n3c5ccc(-c6ccccc6)cc5c5cccc2c53)B(c2c(C(C)(C)C)cc(C(C)(C)C)cc2C(C)(C)C)c2cc(-c3ccccc3)cc3c5ccccc5n-4c23)c(C(C)(C)C)c1. The van der Waals surface area contributed by atoms with Gasteiger partial charge in [0.1, 0.15) is 0 Å². The van der Waals surface area contributed by atoms with Crippen molar-refractivity contribution in [3.8, 4) is 33.6 Å². The predicted molar refractivity (Wildman–Crippen MR) is 360 cm³/mol. The smallest absolute Gasteiger partial charge is 0.247 e. The summed E-state index contributed by atoms with van der Waals surface area (Å²) in [5.41, 5.74) is 28.7. The zero-order valence-electron chi connectivity index (χ0n) is 52.2. The maximum absolute atomic E-state index is 2.72. The van der Waals surface area contributed by atoms with Crippen LogP contribution in [0.15, 0.2) is 170 Å². The summed E-state index contributed by atoms with van der Waals surface area (Å²) in [5.74, 6) is 0. The van der Waals surface area contributed by atoms with E-state index in [9.17, 15) is 0 Å². The van der Waals surface area contributed by atoms with Gasteiger partial charge in [0.15, 0.2) is 0 Å². The Morgan fingerprint density at radius 2 is 0.671 bits per heavy atom. The topological polar surface area (TPSA) is 9.86 Å². The average Bonchev–Trinajstić information content (AvgIpc) is 1.64. The van der Waals surface area contributed by atoms with Crippen LogP contribution in [0.3, 0.4) is 0 Å². The quantitative estimate of drug-likeness (QED) is 0.156. The van der Waals surface area contributed by atoms with Crippen LogP contribution < -0.4 is 32.8 Å². The summed E-state index contributed by atoms with van der Waals surface area (Å²) >= 11 is 0. The summed E-state index contributed by atoms with van der Waals surface area (Å²) in [7, 11) is 0. The summed E-state index contributed by atoms with van der Waals surface area (Å²) in [6.45, 7) is 43.5. The Hall–Kier alpha value is -7.29. The number of aromatic nitrogens is 2. The highest BCUT2D eigenvalue weighted by molar-refractivity contribution is 7.00. The lowest BCUT2D eigenvalue weighted by Gasteiger charge is -2.40. The molecule has 0 radical (unpaired) electrons. The zero-order chi connectivity index (χ0) is 58.1. The monoisotopic (exact) mass is 1070 g/mol. The number of benzene rings is 9. The van der Waals surface area contributed by atoms with Crippen molar-refractivity contribution in [3.63, 3.8) is 0 Å². The van der Waals surface area contributed by atoms with Gasteiger partial charge in [-0.05, 0) is 146 Å². The van der Waals surface area contributed by atoms with E-state index in [-0.39, 0.29) is 45.9 Å². The second-order valence-electron chi connectivity index (χ2n) is 30.7. The second-order valence-corrected chi connectivity index (χ2v) is 30.7. The summed E-state index contributed by atoms with van der Waals surface area (Å²) in [4.78, 5) is 0. The number of hydrogen-bond donors (Lipinski definition) is 0. The third kappa shape index (κ3) is 8.42. The lowest BCUT2D eigenvalue weighted by atomic mass is 9.30. The van der Waals surface area contributed by atoms with Gasteiger partial charge in [-0.15, -0.1) is 0 Å². The number of rotatable bonds is 4. The number of hydrogen-bond acceptors (Lipinski definition) is 0. The summed E-state index contributed by atoms with van der Waals surface area (Å²) in [6.07, 6.45) is 0. The molecule has 4 heterocycles. The maximum Gasteiger partial charge on any atom is 0.247 e. The molecular weight excluding hydrogens is 986 g/mol. The maximum atomic E-state index is 2.72. The Morgan fingerprint density at radius 3 is 1.15 bits per heavy atom. The molecule has 2 aliphatic heterocycles. The molecule has 82 heavy (non-hydrogen) atoms. The number of nitrogens with zero attached hydrogens (tertiary/aromatic N) is 2. The van der Waals surface area contributed by atoms with E-state index in [0.717, 1.165) is 0 Å². The summed E-state index contributed by atoms with van der Waals surface area (Å²) < 4.78 is 5.40. The average molecular weight is 1070 g/mol. The van der Waals surface area contributed by atoms with E-state index in [0.29, 0.717) is 0 Å². The molecule has 0 atom stereocenters. The van der Waals surface area contributed by atoms with Gasteiger partial charge in [0.2, 0.25) is 13.4 Å². The van der Waals surface area contributed by atoms with E-state index in [1.807, 2.05) is 0 Å². The first-order valence-electron chi connectivity index (χ1n) is 30.3. The molecule has 2 nitrogen and oxygen atoms in total. The van der Waals surface area contributed by atoms with Crippen LogP contribution >= 0.6 is 0 Å². The van der Waals surface area contributed by atoms with Crippen LogP contribution in [0.2, 0.25) is 0 Å². The molecule has 0 saturated heterocycles. The van der Waals surface area contributed by atoms with E-state index in [1.165, 1.54) is 143 Å². The molecule has 13 rings (SSSR count). The lowest BCUT2D eigenvalue weighted by molar-refractivity contribution is 0.552. The van der Waals surface area contributed by atoms with Crippen LogP contribution in [0.25, 0.3) is 77.2 Å². The van der Waals surface area contributed by atoms with Gasteiger partial charge >= 0.3 is 0 Å². The van der Waals surface area contributed by atoms with Gasteiger partial charge in [0.05, 0.1) is 11.0 Å². The van der Waals surface area contributed by atoms with Gasteiger partial charge in [0, 0.05) is 44.0 Å². The molecule has 2 aromatic heterocycles. The van der Waals surface area contributed by atoms with Gasteiger partial charge < -0.3 is 9.13 Å². The van der Waals surface area contributed by atoms with Crippen molar-refractivity contribution in [2.45, 2.75) is 157 Å². The van der Waals surface area contributed by atoms with Gasteiger partial charge in [-0.3, -0.25) is 0 Å². The fourth-order valence-electron chi connectivity index (χ4n) is 14.5. The number of para-hydroxylation sites is 2. The highest BCUT2D eigenvalue weighted by Gasteiger charge is 2.45. The standard InChI is InChI=1S/C78H82B2N2/c1-73(2,3)51-41-57(75(7,8)9)69(58(42-51)76(10,11)12)79-61-34-27-33-54-55-38-49(47-28-21-19-22-29-47)36-37-66(55)82(71(54)61)67-46-63-68(45-62(67)79)81-65-35-26-25-32-53(65)56-39-50(48-30-23-20-24-31-48)40-64(72(56)81)80(63)70-59(77(13,14)15)43-52(74(4,5)6)44-60(70)78(16,17)18/h19-46H,1-18H3. The summed E-state index contributed by atoms with van der Waals surface area (Å²) in [5, 5.41) is 5.18. The second kappa shape index (κ2) is 18.1. The van der Waals surface area contributed by atoms with Crippen molar-refractivity contribution in [2.24, 2.45) is 0 Å². The van der Waals surface area contributed by atoms with Crippen LogP contribution in [0.4, 0.5) is 0 Å². The van der Waals surface area contributed by atoms with E-state index in [1.54, 1.807) is 0 Å². The van der Waals surface area contributed by atoms with Gasteiger partial charge in [-0.25, -0.2) is 0 Å². The molecule has 0 spiro atoms. The molecule has 0 unspecified atom stereocenters. The van der Waals surface area contributed by atoms with E-state index >= 15 is 0 Å². The van der Waals surface area contributed by atoms with Crippen molar-refractivity contribution < 1.29 is 0 Å². The fourth-order valence-corrected chi connectivity index (χ4v) is 14.5. The largest absolute Gasteiger partial charge is 0.310 e. The van der Waals surface area contributed by atoms with Gasteiger partial charge in [0.25, 0.3) is 0 Å². The molecule has 0 N–H and O–H groups in total. The third-order valence-corrected chi connectivity index (χ3v) is 18.6. The van der Waals surface area contributed by atoms with E-state index in [4.69, 9.17) is 0 Å². The summed E-state index contributed by atoms with van der Waals surface area (Å²) in [6, 6.07) is 66.7. The van der Waals surface area contributed by atoms with Crippen molar-refractivity contribution in [1.29, 1.82) is 0 Å². The predicted octanol–water partition coefficient (Wildman–Crippen LogP) is 16.7. The lowest BCUT2D eigenvalue weighted by Crippen LogP contribution is -2.63. The minimum Gasteiger partial charge on any atom is -0.310 e. The molecule has 11 aromatic rings. The van der Waals surface area contributed by atoms with Crippen LogP contribution in [-0.4, -0.2) is 22.6 Å². The number of fused-ring (bicyclic) bond motifs is 10. The molecule has 4 heteroatoms. The van der Waals surface area contributed by atoms with Crippen LogP contribution in [-0.2, 0) is 32.5 Å². The molecule has 9 aromatic carbocycles. The molecule has 0 fully saturated rings. The first-order chi connectivity index (χ1) is 38.5. The van der Waals surface area contributed by atoms with Gasteiger partial charge in [-0.2, -0.15) is 0 Å². The first kappa shape index (κ1) is 54.0. The van der Waals surface area contributed by atoms with Crippen molar-refractivity contribution >= 4 is 89.8 Å². The van der Waals surface area contributed by atoms with Crippen LogP contribution in [0.1, 0.15) is 158 Å². The van der Waals surface area contributed by atoms with Crippen molar-refractivity contribution in [3.05, 3.63) is 203 Å². The molecule has 2 aliphatic rings. The highest BCUT2D eigenvalue weighted by atomic mass is 15.0. The zero-order valence-corrected chi connectivity index (χ0v) is 52.2. The third-order valence-electron chi connectivity index (χ3n) is 18.6. The Morgan fingerprint density at radius 1 is 0.268 bits per heavy atom. The van der Waals surface area contributed by atoms with Crippen LogP contribution in [0.5, 0.6) is 0 Å². The highest BCUT2D eigenvalue weighted by Crippen LogP contribution is 2.43. The Bertz CT molecular complexity index is 4360. The Kier molecular flexibility index (Phi) is 11.9. The van der Waals surface area contributed by atoms with Crippen LogP contribution in [0, 0.1) is 0 Å². The molecule has 410 valence electrons. The minimum atomic E-state index is -0.180. The Balaban J connectivity index is 1.26. The molecule has 0 amide bonds. The first-order valence-corrected chi connectivity index (χ1v) is 30.3. The molecular formula is C78H82B2N2.